The molecular weight excluding hydrogens is 278 g/mol. The summed E-state index contributed by atoms with van der Waals surface area (Å²) in [5.41, 5.74) is 0. The zero-order valence-electron chi connectivity index (χ0n) is 12.7. The Kier molecular flexibility index (Phi) is 8.63. The van der Waals surface area contributed by atoms with E-state index in [9.17, 15) is 8.42 Å². The van der Waals surface area contributed by atoms with Crippen LogP contribution in [0.2, 0.25) is 0 Å². The van der Waals surface area contributed by atoms with Crippen LogP contribution in [0.25, 0.3) is 0 Å². The number of nitrogens with zero attached hydrogens (tertiary/aromatic N) is 1. The largest absolute Gasteiger partial charge is 0.385 e. The molecule has 0 bridgehead atoms. The molecule has 1 heterocycles. The molecule has 0 aromatic rings. The van der Waals surface area contributed by atoms with Crippen LogP contribution < -0.4 is 10.0 Å². The van der Waals surface area contributed by atoms with Crippen LogP contribution in [-0.4, -0.2) is 58.7 Å². The summed E-state index contributed by atoms with van der Waals surface area (Å²) in [5, 5.41) is 3.33. The Morgan fingerprint density at radius 2 is 2.10 bits per heavy atom. The third-order valence-corrected chi connectivity index (χ3v) is 5.17. The van der Waals surface area contributed by atoms with Crippen LogP contribution in [0.5, 0.6) is 0 Å². The number of hydrogen-bond acceptors (Lipinski definition) is 4. The van der Waals surface area contributed by atoms with Gasteiger partial charge < -0.3 is 10.1 Å². The van der Waals surface area contributed by atoms with Crippen molar-refractivity contribution in [3.63, 3.8) is 0 Å². The molecule has 2 N–H and O–H groups in total. The molecule has 0 spiro atoms. The number of methoxy groups -OCH3 is 1. The van der Waals surface area contributed by atoms with Gasteiger partial charge in [0.25, 0.3) is 10.2 Å². The normalized spacial score (nSPS) is 21.2. The Bertz CT molecular complexity index is 349. The SMILES string of the molecule is CCCNCC1CCCCN1S(=O)(=O)NCCCOC. The zero-order chi connectivity index (χ0) is 14.8. The minimum absolute atomic E-state index is 0.0789. The maximum Gasteiger partial charge on any atom is 0.279 e. The first-order valence-electron chi connectivity index (χ1n) is 7.58. The van der Waals surface area contributed by atoms with Gasteiger partial charge in [0.1, 0.15) is 0 Å². The number of rotatable bonds is 10. The lowest BCUT2D eigenvalue weighted by atomic mass is 10.1. The van der Waals surface area contributed by atoms with Gasteiger partial charge in [0.15, 0.2) is 0 Å². The first kappa shape index (κ1) is 17.8. The number of hydrogen-bond donors (Lipinski definition) is 2. The summed E-state index contributed by atoms with van der Waals surface area (Å²) in [6, 6.07) is 0.0789. The van der Waals surface area contributed by atoms with E-state index in [0.717, 1.165) is 38.8 Å². The van der Waals surface area contributed by atoms with Gasteiger partial charge in [-0.25, -0.2) is 4.72 Å². The number of piperidine rings is 1. The van der Waals surface area contributed by atoms with Gasteiger partial charge in [0.2, 0.25) is 0 Å². The molecule has 1 aliphatic rings. The molecule has 1 unspecified atom stereocenters. The van der Waals surface area contributed by atoms with Gasteiger partial charge in [-0.3, -0.25) is 0 Å². The molecule has 0 aliphatic carbocycles. The van der Waals surface area contributed by atoms with E-state index in [1.54, 1.807) is 11.4 Å². The lowest BCUT2D eigenvalue weighted by Gasteiger charge is -2.34. The smallest absolute Gasteiger partial charge is 0.279 e. The van der Waals surface area contributed by atoms with Crippen molar-refractivity contribution in [1.29, 1.82) is 0 Å². The molecule has 1 saturated heterocycles. The lowest BCUT2D eigenvalue weighted by molar-refractivity contribution is 0.195. The van der Waals surface area contributed by atoms with Crippen LogP contribution in [0.4, 0.5) is 0 Å². The summed E-state index contributed by atoms with van der Waals surface area (Å²) in [5.74, 6) is 0. The van der Waals surface area contributed by atoms with Crippen LogP contribution in [0.3, 0.4) is 0 Å². The third-order valence-electron chi connectivity index (χ3n) is 3.50. The highest BCUT2D eigenvalue weighted by atomic mass is 32.2. The van der Waals surface area contributed by atoms with Gasteiger partial charge in [0, 0.05) is 39.4 Å². The molecule has 0 aromatic carbocycles. The fourth-order valence-electron chi connectivity index (χ4n) is 2.44. The molecule has 1 rings (SSSR count). The molecule has 7 heteroatoms. The topological polar surface area (TPSA) is 70.7 Å². The average Bonchev–Trinajstić information content (AvgIpc) is 2.44. The molecule has 0 saturated carbocycles. The van der Waals surface area contributed by atoms with Crippen LogP contribution in [0.1, 0.15) is 39.0 Å². The molecule has 0 aromatic heterocycles. The van der Waals surface area contributed by atoms with E-state index < -0.39 is 10.2 Å². The Morgan fingerprint density at radius 3 is 2.80 bits per heavy atom. The number of ether oxygens (including phenoxy) is 1. The summed E-state index contributed by atoms with van der Waals surface area (Å²) >= 11 is 0. The third kappa shape index (κ3) is 6.05. The van der Waals surface area contributed by atoms with Crippen molar-refractivity contribution in [3.8, 4) is 0 Å². The summed E-state index contributed by atoms with van der Waals surface area (Å²) < 4.78 is 33.9. The molecule has 1 atom stereocenters. The first-order valence-corrected chi connectivity index (χ1v) is 9.02. The van der Waals surface area contributed by atoms with Gasteiger partial charge in [0.05, 0.1) is 0 Å². The molecular formula is C13H29N3O3S. The summed E-state index contributed by atoms with van der Waals surface area (Å²) in [6.45, 7) is 5.42. The van der Waals surface area contributed by atoms with Crippen LogP contribution >= 0.6 is 0 Å². The summed E-state index contributed by atoms with van der Waals surface area (Å²) in [7, 11) is -1.74. The highest BCUT2D eigenvalue weighted by Crippen LogP contribution is 2.19. The molecule has 0 radical (unpaired) electrons. The summed E-state index contributed by atoms with van der Waals surface area (Å²) in [4.78, 5) is 0. The van der Waals surface area contributed by atoms with E-state index in [4.69, 9.17) is 4.74 Å². The Morgan fingerprint density at radius 1 is 1.30 bits per heavy atom. The van der Waals surface area contributed by atoms with Crippen molar-refractivity contribution < 1.29 is 13.2 Å². The second-order valence-corrected chi connectivity index (χ2v) is 6.92. The molecule has 6 nitrogen and oxygen atoms in total. The Labute approximate surface area is 123 Å². The molecule has 20 heavy (non-hydrogen) atoms. The fraction of sp³-hybridized carbons (Fsp3) is 1.00. The van der Waals surface area contributed by atoms with Gasteiger partial charge in [-0.1, -0.05) is 13.3 Å². The van der Waals surface area contributed by atoms with Crippen molar-refractivity contribution in [2.75, 3.05) is 39.9 Å². The predicted molar refractivity (Wildman–Crippen MR) is 80.9 cm³/mol. The average molecular weight is 307 g/mol. The van der Waals surface area contributed by atoms with Crippen molar-refractivity contribution >= 4 is 10.2 Å². The lowest BCUT2D eigenvalue weighted by Crippen LogP contribution is -2.52. The fourth-order valence-corrected chi connectivity index (χ4v) is 3.95. The van der Waals surface area contributed by atoms with E-state index >= 15 is 0 Å². The van der Waals surface area contributed by atoms with Gasteiger partial charge in [-0.05, 0) is 32.2 Å². The monoisotopic (exact) mass is 307 g/mol. The standard InChI is InChI=1S/C13H29N3O3S/c1-3-8-14-12-13-7-4-5-10-16(13)20(17,18)15-9-6-11-19-2/h13-15H,3-12H2,1-2H3. The molecule has 1 fully saturated rings. The van der Waals surface area contributed by atoms with E-state index in [1.165, 1.54) is 0 Å². The van der Waals surface area contributed by atoms with Gasteiger partial charge >= 0.3 is 0 Å². The highest BCUT2D eigenvalue weighted by molar-refractivity contribution is 7.87. The van der Waals surface area contributed by atoms with E-state index in [1.807, 2.05) is 0 Å². The maximum atomic E-state index is 12.3. The Balaban J connectivity index is 2.49. The molecule has 0 amide bonds. The Hall–Kier alpha value is -0.210. The number of nitrogens with one attached hydrogen (secondary N) is 2. The zero-order valence-corrected chi connectivity index (χ0v) is 13.5. The minimum Gasteiger partial charge on any atom is -0.385 e. The minimum atomic E-state index is -3.36. The van der Waals surface area contributed by atoms with E-state index in [-0.39, 0.29) is 6.04 Å². The van der Waals surface area contributed by atoms with Crippen LogP contribution in [0.15, 0.2) is 0 Å². The first-order chi connectivity index (χ1) is 9.61. The summed E-state index contributed by atoms with van der Waals surface area (Å²) in [6.07, 6.45) is 4.75. The van der Waals surface area contributed by atoms with Crippen molar-refractivity contribution in [2.24, 2.45) is 0 Å². The van der Waals surface area contributed by atoms with E-state index in [0.29, 0.717) is 26.1 Å². The molecule has 120 valence electrons. The van der Waals surface area contributed by atoms with Crippen molar-refractivity contribution in [2.45, 2.75) is 45.1 Å². The van der Waals surface area contributed by atoms with Crippen molar-refractivity contribution in [1.82, 2.24) is 14.3 Å². The van der Waals surface area contributed by atoms with Gasteiger partial charge in [-0.2, -0.15) is 12.7 Å². The predicted octanol–water partition coefficient (Wildman–Crippen LogP) is 0.711. The van der Waals surface area contributed by atoms with Crippen LogP contribution in [0, 0.1) is 0 Å². The second kappa shape index (κ2) is 9.68. The second-order valence-electron chi connectivity index (χ2n) is 5.21. The highest BCUT2D eigenvalue weighted by Gasteiger charge is 2.31. The van der Waals surface area contributed by atoms with Gasteiger partial charge in [-0.15, -0.1) is 0 Å². The van der Waals surface area contributed by atoms with Crippen molar-refractivity contribution in [3.05, 3.63) is 0 Å². The van der Waals surface area contributed by atoms with Crippen LogP contribution in [-0.2, 0) is 14.9 Å². The quantitative estimate of drug-likeness (QED) is 0.583. The molecule has 1 aliphatic heterocycles. The van der Waals surface area contributed by atoms with E-state index in [2.05, 4.69) is 17.0 Å². The maximum absolute atomic E-state index is 12.3.